The Kier molecular flexibility index (Phi) is 3.65. The second-order valence-electron chi connectivity index (χ2n) is 4.12. The lowest BCUT2D eigenvalue weighted by atomic mass is 10.1. The van der Waals surface area contributed by atoms with E-state index in [1.807, 2.05) is 0 Å². The van der Waals surface area contributed by atoms with Gasteiger partial charge in [0.05, 0.1) is 5.56 Å². The summed E-state index contributed by atoms with van der Waals surface area (Å²) in [6.45, 7) is 0.349. The Labute approximate surface area is 112 Å². The van der Waals surface area contributed by atoms with Crippen molar-refractivity contribution in [2.75, 3.05) is 6.54 Å². The van der Waals surface area contributed by atoms with Crippen LogP contribution in [0.5, 0.6) is 0 Å². The summed E-state index contributed by atoms with van der Waals surface area (Å²) in [4.78, 5) is 24.4. The third kappa shape index (κ3) is 2.38. The van der Waals surface area contributed by atoms with Gasteiger partial charge in [-0.15, -0.1) is 0 Å². The Morgan fingerprint density at radius 2 is 2.17 bits per heavy atom. The summed E-state index contributed by atoms with van der Waals surface area (Å²) < 4.78 is 14.2. The van der Waals surface area contributed by atoms with Crippen LogP contribution in [0.3, 0.4) is 0 Å². The number of likely N-dealkylation sites (tertiary alicyclic amines) is 1. The van der Waals surface area contributed by atoms with Crippen LogP contribution in [0.15, 0.2) is 22.7 Å². The minimum absolute atomic E-state index is 0.0995. The van der Waals surface area contributed by atoms with Crippen molar-refractivity contribution in [3.63, 3.8) is 0 Å². The largest absolute Gasteiger partial charge is 0.480 e. The fraction of sp³-hybridized carbons (Fsp3) is 0.333. The maximum atomic E-state index is 13.6. The molecule has 1 N–H and O–H groups in total. The highest BCUT2D eigenvalue weighted by Gasteiger charge is 2.35. The number of carbonyl (C=O) groups is 2. The average molecular weight is 316 g/mol. The van der Waals surface area contributed by atoms with E-state index in [2.05, 4.69) is 15.9 Å². The van der Waals surface area contributed by atoms with Gasteiger partial charge in [0, 0.05) is 11.0 Å². The quantitative estimate of drug-likeness (QED) is 0.911. The van der Waals surface area contributed by atoms with Crippen molar-refractivity contribution >= 4 is 27.8 Å². The molecule has 0 radical (unpaired) electrons. The van der Waals surface area contributed by atoms with Gasteiger partial charge in [-0.3, -0.25) is 4.79 Å². The van der Waals surface area contributed by atoms with E-state index in [1.54, 1.807) is 0 Å². The number of nitrogens with zero attached hydrogens (tertiary/aromatic N) is 1. The van der Waals surface area contributed by atoms with Crippen LogP contribution in [0.4, 0.5) is 4.39 Å². The number of rotatable bonds is 2. The van der Waals surface area contributed by atoms with E-state index in [0.717, 1.165) is 0 Å². The number of carboxylic acids is 1. The van der Waals surface area contributed by atoms with Crippen LogP contribution in [-0.2, 0) is 4.79 Å². The van der Waals surface area contributed by atoms with Crippen LogP contribution in [0.1, 0.15) is 23.2 Å². The van der Waals surface area contributed by atoms with Crippen molar-refractivity contribution in [3.8, 4) is 0 Å². The molecular formula is C12H11BrFNO3. The molecular weight excluding hydrogens is 305 g/mol. The molecule has 1 fully saturated rings. The van der Waals surface area contributed by atoms with Crippen molar-refractivity contribution in [1.29, 1.82) is 0 Å². The van der Waals surface area contributed by atoms with Crippen molar-refractivity contribution in [2.24, 2.45) is 0 Å². The second-order valence-corrected chi connectivity index (χ2v) is 5.03. The van der Waals surface area contributed by atoms with Gasteiger partial charge in [-0.25, -0.2) is 9.18 Å². The number of aliphatic carboxylic acids is 1. The molecule has 0 saturated carbocycles. The van der Waals surface area contributed by atoms with Gasteiger partial charge in [-0.1, -0.05) is 15.9 Å². The molecule has 1 unspecified atom stereocenters. The zero-order chi connectivity index (χ0) is 13.3. The Bertz CT molecular complexity index is 506. The first-order chi connectivity index (χ1) is 8.50. The van der Waals surface area contributed by atoms with E-state index in [4.69, 9.17) is 5.11 Å². The van der Waals surface area contributed by atoms with Gasteiger partial charge in [0.15, 0.2) is 0 Å². The highest BCUT2D eigenvalue weighted by Crippen LogP contribution is 2.23. The van der Waals surface area contributed by atoms with E-state index in [1.165, 1.54) is 23.1 Å². The third-order valence-electron chi connectivity index (χ3n) is 2.96. The van der Waals surface area contributed by atoms with Crippen LogP contribution in [-0.4, -0.2) is 34.5 Å². The van der Waals surface area contributed by atoms with Crippen molar-refractivity contribution in [3.05, 3.63) is 34.1 Å². The van der Waals surface area contributed by atoms with Gasteiger partial charge in [0.2, 0.25) is 0 Å². The Hall–Kier alpha value is -1.43. The highest BCUT2D eigenvalue weighted by molar-refractivity contribution is 9.10. The Balaban J connectivity index is 2.31. The van der Waals surface area contributed by atoms with E-state index in [9.17, 15) is 14.0 Å². The first kappa shape index (κ1) is 13.0. The molecule has 96 valence electrons. The van der Waals surface area contributed by atoms with E-state index in [0.29, 0.717) is 23.9 Å². The number of benzene rings is 1. The topological polar surface area (TPSA) is 57.6 Å². The molecule has 1 aliphatic heterocycles. The molecule has 0 bridgehead atoms. The second kappa shape index (κ2) is 5.06. The number of hydrogen-bond donors (Lipinski definition) is 1. The van der Waals surface area contributed by atoms with Crippen LogP contribution < -0.4 is 0 Å². The summed E-state index contributed by atoms with van der Waals surface area (Å²) in [6.07, 6.45) is 1.04. The monoisotopic (exact) mass is 315 g/mol. The third-order valence-corrected chi connectivity index (χ3v) is 3.45. The summed E-state index contributed by atoms with van der Waals surface area (Å²) in [7, 11) is 0. The van der Waals surface area contributed by atoms with E-state index >= 15 is 0 Å². The van der Waals surface area contributed by atoms with E-state index < -0.39 is 23.7 Å². The molecule has 1 aromatic carbocycles. The lowest BCUT2D eigenvalue weighted by Crippen LogP contribution is -2.40. The first-order valence-corrected chi connectivity index (χ1v) is 6.29. The van der Waals surface area contributed by atoms with E-state index in [-0.39, 0.29) is 5.56 Å². The van der Waals surface area contributed by atoms with Crippen LogP contribution >= 0.6 is 15.9 Å². The minimum atomic E-state index is -1.05. The summed E-state index contributed by atoms with van der Waals surface area (Å²) in [5, 5.41) is 9.01. The van der Waals surface area contributed by atoms with Gasteiger partial charge in [-0.05, 0) is 31.0 Å². The number of carbonyl (C=O) groups excluding carboxylic acids is 1. The molecule has 0 aromatic heterocycles. The molecule has 1 amide bonds. The highest BCUT2D eigenvalue weighted by atomic mass is 79.9. The average Bonchev–Trinajstić information content (AvgIpc) is 2.80. The van der Waals surface area contributed by atoms with Gasteiger partial charge >= 0.3 is 5.97 Å². The smallest absolute Gasteiger partial charge is 0.326 e. The lowest BCUT2D eigenvalue weighted by Gasteiger charge is -2.21. The van der Waals surface area contributed by atoms with Gasteiger partial charge in [0.25, 0.3) is 5.91 Å². The maximum Gasteiger partial charge on any atom is 0.326 e. The minimum Gasteiger partial charge on any atom is -0.480 e. The number of amides is 1. The number of hydrogen-bond acceptors (Lipinski definition) is 2. The zero-order valence-corrected chi connectivity index (χ0v) is 11.0. The predicted octanol–water partition coefficient (Wildman–Crippen LogP) is 2.28. The molecule has 6 heteroatoms. The predicted molar refractivity (Wildman–Crippen MR) is 65.8 cm³/mol. The van der Waals surface area contributed by atoms with Crippen LogP contribution in [0, 0.1) is 5.82 Å². The van der Waals surface area contributed by atoms with Gasteiger partial charge in [0.1, 0.15) is 11.9 Å². The number of carboxylic acid groups (broad SMARTS) is 1. The molecule has 1 saturated heterocycles. The zero-order valence-electron chi connectivity index (χ0n) is 9.40. The molecule has 4 nitrogen and oxygen atoms in total. The van der Waals surface area contributed by atoms with Crippen LogP contribution in [0.2, 0.25) is 0 Å². The summed E-state index contributed by atoms with van der Waals surface area (Å²) in [6, 6.07) is 3.19. The SMILES string of the molecule is O=C(O)C1CCCN1C(=O)c1cc(Br)ccc1F. The van der Waals surface area contributed by atoms with Crippen LogP contribution in [0.25, 0.3) is 0 Å². The molecule has 0 spiro atoms. The van der Waals surface area contributed by atoms with Gasteiger partial charge < -0.3 is 10.0 Å². The molecule has 1 aliphatic rings. The molecule has 18 heavy (non-hydrogen) atoms. The lowest BCUT2D eigenvalue weighted by molar-refractivity contribution is -0.141. The molecule has 0 aliphatic carbocycles. The molecule has 1 atom stereocenters. The molecule has 1 heterocycles. The number of halogens is 2. The van der Waals surface area contributed by atoms with Crippen molar-refractivity contribution in [2.45, 2.75) is 18.9 Å². The van der Waals surface area contributed by atoms with Gasteiger partial charge in [-0.2, -0.15) is 0 Å². The molecule has 1 aromatic rings. The maximum absolute atomic E-state index is 13.6. The first-order valence-electron chi connectivity index (χ1n) is 5.49. The summed E-state index contributed by atoms with van der Waals surface area (Å²) >= 11 is 3.16. The van der Waals surface area contributed by atoms with Crippen molar-refractivity contribution in [1.82, 2.24) is 4.90 Å². The summed E-state index contributed by atoms with van der Waals surface area (Å²) in [5.41, 5.74) is -0.0995. The Morgan fingerprint density at radius 3 is 2.83 bits per heavy atom. The fourth-order valence-electron chi connectivity index (χ4n) is 2.08. The van der Waals surface area contributed by atoms with Crippen molar-refractivity contribution < 1.29 is 19.1 Å². The standard InChI is InChI=1S/C12H11BrFNO3/c13-7-3-4-9(14)8(6-7)11(16)15-5-1-2-10(15)12(17)18/h3-4,6,10H,1-2,5H2,(H,17,18). The fourth-order valence-corrected chi connectivity index (χ4v) is 2.44. The molecule has 2 rings (SSSR count). The summed E-state index contributed by atoms with van der Waals surface area (Å²) in [5.74, 6) is -2.26. The Morgan fingerprint density at radius 1 is 1.44 bits per heavy atom. The normalized spacial score (nSPS) is 19.0.